The number of rotatable bonds is 6. The van der Waals surface area contributed by atoms with Crippen LogP contribution in [0.15, 0.2) is 18.2 Å². The molecule has 0 aliphatic heterocycles. The summed E-state index contributed by atoms with van der Waals surface area (Å²) in [5, 5.41) is 8.79. The van der Waals surface area contributed by atoms with Gasteiger partial charge in [0.1, 0.15) is 12.4 Å². The Morgan fingerprint density at radius 3 is 2.70 bits per heavy atom. The minimum Gasteiger partial charge on any atom is -0.384 e. The van der Waals surface area contributed by atoms with E-state index in [1.165, 1.54) is 12.1 Å². The maximum Gasteiger partial charge on any atom is 0.124 e. The van der Waals surface area contributed by atoms with Gasteiger partial charge in [0.15, 0.2) is 0 Å². The Morgan fingerprint density at radius 2 is 2.10 bits per heavy atom. The third-order valence-corrected chi connectivity index (χ3v) is 3.48. The first-order chi connectivity index (χ1) is 9.60. The summed E-state index contributed by atoms with van der Waals surface area (Å²) in [5.74, 6) is 5.78. The third-order valence-electron chi connectivity index (χ3n) is 3.48. The fraction of sp³-hybridized carbons (Fsp3) is 0.529. The molecule has 1 unspecified atom stereocenters. The van der Waals surface area contributed by atoms with Crippen LogP contribution in [-0.2, 0) is 6.54 Å². The second-order valence-electron chi connectivity index (χ2n) is 5.10. The Morgan fingerprint density at radius 1 is 1.35 bits per heavy atom. The van der Waals surface area contributed by atoms with E-state index in [1.807, 2.05) is 0 Å². The topological polar surface area (TPSA) is 23.5 Å². The lowest BCUT2D eigenvalue weighted by Gasteiger charge is -2.24. The second kappa shape index (κ2) is 8.73. The van der Waals surface area contributed by atoms with Crippen LogP contribution in [0, 0.1) is 23.6 Å². The van der Waals surface area contributed by atoms with Gasteiger partial charge in [-0.05, 0) is 30.2 Å². The quantitative estimate of drug-likeness (QED) is 0.808. The molecular formula is C17H24FNO. The van der Waals surface area contributed by atoms with E-state index < -0.39 is 0 Å². The van der Waals surface area contributed by atoms with Crippen LogP contribution >= 0.6 is 0 Å². The van der Waals surface area contributed by atoms with Crippen LogP contribution in [0.3, 0.4) is 0 Å². The van der Waals surface area contributed by atoms with Crippen molar-refractivity contribution in [3.05, 3.63) is 35.1 Å². The number of benzene rings is 1. The van der Waals surface area contributed by atoms with E-state index in [4.69, 9.17) is 5.11 Å². The summed E-state index contributed by atoms with van der Waals surface area (Å²) in [6, 6.07) is 4.70. The smallest absolute Gasteiger partial charge is 0.124 e. The molecule has 1 aromatic rings. The van der Waals surface area contributed by atoms with Crippen molar-refractivity contribution in [3.63, 3.8) is 0 Å². The summed E-state index contributed by atoms with van der Waals surface area (Å²) in [6.07, 6.45) is 1.15. The molecule has 1 atom stereocenters. The Kier molecular flexibility index (Phi) is 7.28. The maximum atomic E-state index is 13.3. The summed E-state index contributed by atoms with van der Waals surface area (Å²) in [6.45, 7) is 9.09. The summed E-state index contributed by atoms with van der Waals surface area (Å²) in [4.78, 5) is 2.34. The van der Waals surface area contributed by atoms with Crippen molar-refractivity contribution in [2.24, 2.45) is 5.92 Å². The molecule has 0 saturated carbocycles. The average molecular weight is 277 g/mol. The second-order valence-corrected chi connectivity index (χ2v) is 5.10. The molecule has 1 rings (SSSR count). The monoisotopic (exact) mass is 277 g/mol. The highest BCUT2D eigenvalue weighted by molar-refractivity contribution is 5.41. The lowest BCUT2D eigenvalue weighted by Crippen LogP contribution is -2.28. The third kappa shape index (κ3) is 5.32. The molecule has 1 N–H and O–H groups in total. The number of aliphatic hydroxyl groups excluding tert-OH is 1. The van der Waals surface area contributed by atoms with E-state index in [2.05, 4.69) is 37.5 Å². The molecule has 0 aliphatic carbocycles. The zero-order valence-corrected chi connectivity index (χ0v) is 12.6. The maximum absolute atomic E-state index is 13.3. The summed E-state index contributed by atoms with van der Waals surface area (Å²) < 4.78 is 13.3. The standard InChI is InChI=1S/C17H24FNO/c1-4-14(3)12-19(5-2)13-16-8-9-17(18)11-15(16)7-6-10-20/h8-9,11,14,20H,4-5,10,12-13H2,1-3H3. The zero-order valence-electron chi connectivity index (χ0n) is 12.6. The molecular weight excluding hydrogens is 253 g/mol. The normalized spacial score (nSPS) is 12.1. The fourth-order valence-electron chi connectivity index (χ4n) is 2.05. The Hall–Kier alpha value is -1.37. The summed E-state index contributed by atoms with van der Waals surface area (Å²) >= 11 is 0. The molecule has 0 spiro atoms. The zero-order chi connectivity index (χ0) is 15.0. The molecule has 0 aliphatic rings. The van der Waals surface area contributed by atoms with Gasteiger partial charge in [-0.25, -0.2) is 4.39 Å². The first kappa shape index (κ1) is 16.7. The van der Waals surface area contributed by atoms with Crippen LogP contribution in [0.2, 0.25) is 0 Å². The van der Waals surface area contributed by atoms with Crippen LogP contribution < -0.4 is 0 Å². The molecule has 0 amide bonds. The predicted molar refractivity (Wildman–Crippen MR) is 80.8 cm³/mol. The van der Waals surface area contributed by atoms with E-state index >= 15 is 0 Å². The highest BCUT2D eigenvalue weighted by atomic mass is 19.1. The van der Waals surface area contributed by atoms with Crippen LogP contribution in [0.25, 0.3) is 0 Å². The summed E-state index contributed by atoms with van der Waals surface area (Å²) in [5.41, 5.74) is 1.68. The molecule has 0 aromatic heterocycles. The van der Waals surface area contributed by atoms with Gasteiger partial charge < -0.3 is 5.11 Å². The fourth-order valence-corrected chi connectivity index (χ4v) is 2.05. The van der Waals surface area contributed by atoms with Gasteiger partial charge in [-0.15, -0.1) is 0 Å². The Balaban J connectivity index is 2.89. The minimum absolute atomic E-state index is 0.208. The highest BCUT2D eigenvalue weighted by Gasteiger charge is 2.10. The van der Waals surface area contributed by atoms with Crippen LogP contribution in [0.4, 0.5) is 4.39 Å². The largest absolute Gasteiger partial charge is 0.384 e. The molecule has 0 saturated heterocycles. The Labute approximate surface area is 121 Å². The summed E-state index contributed by atoms with van der Waals surface area (Å²) in [7, 11) is 0. The molecule has 20 heavy (non-hydrogen) atoms. The molecule has 2 nitrogen and oxygen atoms in total. The van der Waals surface area contributed by atoms with Crippen molar-refractivity contribution >= 4 is 0 Å². The number of nitrogens with zero attached hydrogens (tertiary/aromatic N) is 1. The van der Waals surface area contributed by atoms with Gasteiger partial charge >= 0.3 is 0 Å². The van der Waals surface area contributed by atoms with Gasteiger partial charge in [0.05, 0.1) is 0 Å². The lowest BCUT2D eigenvalue weighted by atomic mass is 10.0. The van der Waals surface area contributed by atoms with Gasteiger partial charge in [0, 0.05) is 18.7 Å². The van der Waals surface area contributed by atoms with Crippen molar-refractivity contribution in [2.45, 2.75) is 33.7 Å². The van der Waals surface area contributed by atoms with E-state index in [0.717, 1.165) is 31.6 Å². The highest BCUT2D eigenvalue weighted by Crippen LogP contribution is 2.15. The average Bonchev–Trinajstić information content (AvgIpc) is 2.46. The first-order valence-electron chi connectivity index (χ1n) is 7.21. The van der Waals surface area contributed by atoms with Gasteiger partial charge in [-0.1, -0.05) is 45.1 Å². The van der Waals surface area contributed by atoms with Crippen molar-refractivity contribution in [2.75, 3.05) is 19.7 Å². The lowest BCUT2D eigenvalue weighted by molar-refractivity contribution is 0.238. The molecule has 0 heterocycles. The molecule has 110 valence electrons. The van der Waals surface area contributed by atoms with Gasteiger partial charge in [0.25, 0.3) is 0 Å². The van der Waals surface area contributed by atoms with Crippen molar-refractivity contribution in [1.29, 1.82) is 0 Å². The first-order valence-corrected chi connectivity index (χ1v) is 7.21. The van der Waals surface area contributed by atoms with Crippen LogP contribution in [0.1, 0.15) is 38.3 Å². The molecule has 0 fully saturated rings. The molecule has 0 radical (unpaired) electrons. The minimum atomic E-state index is -0.291. The van der Waals surface area contributed by atoms with E-state index in [0.29, 0.717) is 11.5 Å². The number of hydrogen-bond donors (Lipinski definition) is 1. The number of aliphatic hydroxyl groups is 1. The van der Waals surface area contributed by atoms with Crippen LogP contribution in [-0.4, -0.2) is 29.7 Å². The predicted octanol–water partition coefficient (Wildman–Crippen LogP) is 3.04. The number of halogens is 1. The van der Waals surface area contributed by atoms with Crippen molar-refractivity contribution in [1.82, 2.24) is 4.90 Å². The van der Waals surface area contributed by atoms with Gasteiger partial charge in [-0.2, -0.15) is 0 Å². The van der Waals surface area contributed by atoms with Crippen molar-refractivity contribution in [3.8, 4) is 11.8 Å². The number of hydrogen-bond acceptors (Lipinski definition) is 2. The SMILES string of the molecule is CCC(C)CN(CC)Cc1ccc(F)cc1C#CCO. The van der Waals surface area contributed by atoms with Gasteiger partial charge in [-0.3, -0.25) is 4.90 Å². The van der Waals surface area contributed by atoms with Gasteiger partial charge in [0.2, 0.25) is 0 Å². The van der Waals surface area contributed by atoms with E-state index in [1.54, 1.807) is 6.07 Å². The molecule has 3 heteroatoms. The van der Waals surface area contributed by atoms with E-state index in [-0.39, 0.29) is 12.4 Å². The Bertz CT molecular complexity index is 476. The van der Waals surface area contributed by atoms with Crippen molar-refractivity contribution < 1.29 is 9.50 Å². The van der Waals surface area contributed by atoms with Crippen LogP contribution in [0.5, 0.6) is 0 Å². The molecule has 0 bridgehead atoms. The molecule has 1 aromatic carbocycles. The van der Waals surface area contributed by atoms with E-state index in [9.17, 15) is 4.39 Å².